The fraction of sp³-hybridized carbons (Fsp3) is 0.435. The molecule has 0 aliphatic carbocycles. The summed E-state index contributed by atoms with van der Waals surface area (Å²) in [5.74, 6) is 1.49. The highest BCUT2D eigenvalue weighted by atomic mass is 32.2. The Morgan fingerprint density at radius 1 is 1.06 bits per heavy atom. The molecule has 0 spiro atoms. The third-order valence-electron chi connectivity index (χ3n) is 5.57. The molecular formula is C23H30N2O5S. The lowest BCUT2D eigenvalue weighted by Gasteiger charge is -2.29. The Kier molecular flexibility index (Phi) is 7.56. The molecule has 7 nitrogen and oxygen atoms in total. The van der Waals surface area contributed by atoms with E-state index in [-0.39, 0.29) is 23.5 Å². The smallest absolute Gasteiger partial charge is 0.258 e. The number of carbonyl (C=O) groups is 1. The molecule has 1 N–H and O–H groups in total. The van der Waals surface area contributed by atoms with Gasteiger partial charge in [-0.15, -0.1) is 0 Å². The van der Waals surface area contributed by atoms with E-state index in [0.717, 1.165) is 24.2 Å². The second-order valence-electron chi connectivity index (χ2n) is 7.91. The van der Waals surface area contributed by atoms with Crippen molar-refractivity contribution < 1.29 is 22.7 Å². The van der Waals surface area contributed by atoms with Gasteiger partial charge in [-0.1, -0.05) is 19.1 Å². The van der Waals surface area contributed by atoms with Crippen LogP contribution in [0.2, 0.25) is 0 Å². The lowest BCUT2D eigenvalue weighted by atomic mass is 10.0. The number of amides is 1. The predicted molar refractivity (Wildman–Crippen MR) is 119 cm³/mol. The van der Waals surface area contributed by atoms with Crippen LogP contribution in [0.1, 0.15) is 38.3 Å². The molecule has 0 unspecified atom stereocenters. The number of methoxy groups -OCH3 is 1. The molecule has 1 saturated heterocycles. The van der Waals surface area contributed by atoms with Crippen LogP contribution in [0.3, 0.4) is 0 Å². The van der Waals surface area contributed by atoms with E-state index < -0.39 is 10.0 Å². The van der Waals surface area contributed by atoms with Crippen molar-refractivity contribution in [1.29, 1.82) is 0 Å². The summed E-state index contributed by atoms with van der Waals surface area (Å²) in [6, 6.07) is 13.5. The first-order chi connectivity index (χ1) is 14.8. The van der Waals surface area contributed by atoms with Gasteiger partial charge in [-0.2, -0.15) is 4.31 Å². The van der Waals surface area contributed by atoms with Crippen molar-refractivity contribution >= 4 is 15.9 Å². The Hall–Kier alpha value is -2.58. The number of benzene rings is 2. The van der Waals surface area contributed by atoms with Crippen LogP contribution in [0, 0.1) is 5.92 Å². The standard InChI is InChI=1S/C23H30N2O5S/c1-17-12-14-25(15-13-17)31(27,28)22-10-8-21(9-11-22)30-16-23(26)24-18(2)19-4-6-20(29-3)7-5-19/h4-11,17-18H,12-16H2,1-3H3,(H,24,26)/t18-/m1/s1. The van der Waals surface area contributed by atoms with Crippen LogP contribution >= 0.6 is 0 Å². The first kappa shape index (κ1) is 23.1. The normalized spacial score (nSPS) is 16.5. The first-order valence-corrected chi connectivity index (χ1v) is 11.9. The molecule has 1 fully saturated rings. The van der Waals surface area contributed by atoms with Crippen molar-refractivity contribution in [2.45, 2.75) is 37.6 Å². The molecule has 2 aromatic rings. The van der Waals surface area contributed by atoms with Crippen molar-refractivity contribution in [1.82, 2.24) is 9.62 Å². The molecule has 1 heterocycles. The minimum Gasteiger partial charge on any atom is -0.497 e. The van der Waals surface area contributed by atoms with Gasteiger partial charge in [0.1, 0.15) is 11.5 Å². The van der Waals surface area contributed by atoms with Gasteiger partial charge in [-0.05, 0) is 67.6 Å². The van der Waals surface area contributed by atoms with Crippen LogP contribution in [0.15, 0.2) is 53.4 Å². The summed E-state index contributed by atoms with van der Waals surface area (Å²) in [6.45, 7) is 4.98. The molecule has 1 aliphatic heterocycles. The Balaban J connectivity index is 1.52. The van der Waals surface area contributed by atoms with E-state index >= 15 is 0 Å². The summed E-state index contributed by atoms with van der Waals surface area (Å²) in [7, 11) is -1.89. The van der Waals surface area contributed by atoms with E-state index in [1.807, 2.05) is 31.2 Å². The fourth-order valence-electron chi connectivity index (χ4n) is 3.49. The highest BCUT2D eigenvalue weighted by Gasteiger charge is 2.27. The average molecular weight is 447 g/mol. The van der Waals surface area contributed by atoms with Gasteiger partial charge in [0.15, 0.2) is 6.61 Å². The summed E-state index contributed by atoms with van der Waals surface area (Å²) >= 11 is 0. The van der Waals surface area contributed by atoms with E-state index in [4.69, 9.17) is 9.47 Å². The summed E-state index contributed by atoms with van der Waals surface area (Å²) in [4.78, 5) is 12.5. The SMILES string of the molecule is COc1ccc([C@@H](C)NC(=O)COc2ccc(S(=O)(=O)N3CCC(C)CC3)cc2)cc1. The summed E-state index contributed by atoms with van der Waals surface area (Å²) in [5.41, 5.74) is 0.954. The number of hydrogen-bond acceptors (Lipinski definition) is 5. The molecule has 1 aliphatic rings. The van der Waals surface area contributed by atoms with Crippen molar-refractivity contribution in [2.75, 3.05) is 26.8 Å². The molecule has 0 saturated carbocycles. The van der Waals surface area contributed by atoms with E-state index in [0.29, 0.717) is 24.8 Å². The van der Waals surface area contributed by atoms with Gasteiger partial charge in [0, 0.05) is 13.1 Å². The quantitative estimate of drug-likeness (QED) is 0.672. The highest BCUT2D eigenvalue weighted by molar-refractivity contribution is 7.89. The largest absolute Gasteiger partial charge is 0.497 e. The van der Waals surface area contributed by atoms with Crippen LogP contribution in [0.4, 0.5) is 0 Å². The average Bonchev–Trinajstić information content (AvgIpc) is 2.78. The number of carbonyl (C=O) groups excluding carboxylic acids is 1. The molecule has 31 heavy (non-hydrogen) atoms. The van der Waals surface area contributed by atoms with E-state index in [2.05, 4.69) is 12.2 Å². The number of nitrogens with zero attached hydrogens (tertiary/aromatic N) is 1. The van der Waals surface area contributed by atoms with Crippen LogP contribution in [-0.2, 0) is 14.8 Å². The maximum absolute atomic E-state index is 12.8. The van der Waals surface area contributed by atoms with E-state index in [9.17, 15) is 13.2 Å². The number of ether oxygens (including phenoxy) is 2. The van der Waals surface area contributed by atoms with Crippen LogP contribution in [0.5, 0.6) is 11.5 Å². The third kappa shape index (κ3) is 5.98. The molecule has 168 valence electrons. The predicted octanol–water partition coefficient (Wildman–Crippen LogP) is 3.37. The maximum atomic E-state index is 12.8. The van der Waals surface area contributed by atoms with Gasteiger partial charge in [-0.25, -0.2) is 8.42 Å². The Bertz CT molecular complexity index is 966. The number of rotatable bonds is 8. The molecule has 1 amide bonds. The number of hydrogen-bond donors (Lipinski definition) is 1. The van der Waals surface area contributed by atoms with Gasteiger partial charge in [0.25, 0.3) is 5.91 Å². The lowest BCUT2D eigenvalue weighted by Crippen LogP contribution is -2.37. The molecule has 3 rings (SSSR count). The molecule has 1 atom stereocenters. The topological polar surface area (TPSA) is 84.9 Å². The number of piperidine rings is 1. The van der Waals surface area contributed by atoms with E-state index in [1.165, 1.54) is 16.4 Å². The lowest BCUT2D eigenvalue weighted by molar-refractivity contribution is -0.123. The molecule has 0 radical (unpaired) electrons. The molecule has 0 aromatic heterocycles. The van der Waals surface area contributed by atoms with Crippen molar-refractivity contribution in [3.8, 4) is 11.5 Å². The zero-order chi connectivity index (χ0) is 22.4. The maximum Gasteiger partial charge on any atom is 0.258 e. The number of sulfonamides is 1. The minimum absolute atomic E-state index is 0.156. The summed E-state index contributed by atoms with van der Waals surface area (Å²) < 4.78 is 37.8. The summed E-state index contributed by atoms with van der Waals surface area (Å²) in [5, 5.41) is 2.88. The van der Waals surface area contributed by atoms with Gasteiger partial charge in [-0.3, -0.25) is 4.79 Å². The monoisotopic (exact) mass is 446 g/mol. The van der Waals surface area contributed by atoms with Crippen molar-refractivity contribution in [3.05, 3.63) is 54.1 Å². The third-order valence-corrected chi connectivity index (χ3v) is 7.48. The first-order valence-electron chi connectivity index (χ1n) is 10.5. The number of nitrogens with one attached hydrogen (secondary N) is 1. The zero-order valence-electron chi connectivity index (χ0n) is 18.2. The fourth-order valence-corrected chi connectivity index (χ4v) is 4.96. The van der Waals surface area contributed by atoms with Crippen LogP contribution < -0.4 is 14.8 Å². The Labute approximate surface area is 184 Å². The van der Waals surface area contributed by atoms with E-state index in [1.54, 1.807) is 19.2 Å². The second kappa shape index (κ2) is 10.2. The van der Waals surface area contributed by atoms with Crippen molar-refractivity contribution in [2.24, 2.45) is 5.92 Å². The minimum atomic E-state index is -3.50. The van der Waals surface area contributed by atoms with Crippen LogP contribution in [0.25, 0.3) is 0 Å². The van der Waals surface area contributed by atoms with Gasteiger partial charge in [0.05, 0.1) is 18.0 Å². The van der Waals surface area contributed by atoms with Gasteiger partial charge < -0.3 is 14.8 Å². The molecule has 0 bridgehead atoms. The second-order valence-corrected chi connectivity index (χ2v) is 9.85. The van der Waals surface area contributed by atoms with Crippen molar-refractivity contribution in [3.63, 3.8) is 0 Å². The molecule has 8 heteroatoms. The molecule has 2 aromatic carbocycles. The van der Waals surface area contributed by atoms with Crippen LogP contribution in [-0.4, -0.2) is 45.4 Å². The highest BCUT2D eigenvalue weighted by Crippen LogP contribution is 2.25. The Morgan fingerprint density at radius 3 is 2.23 bits per heavy atom. The van der Waals surface area contributed by atoms with Gasteiger partial charge in [0.2, 0.25) is 10.0 Å². The zero-order valence-corrected chi connectivity index (χ0v) is 19.0. The van der Waals surface area contributed by atoms with Gasteiger partial charge >= 0.3 is 0 Å². The summed E-state index contributed by atoms with van der Waals surface area (Å²) in [6.07, 6.45) is 1.76. The molecular weight excluding hydrogens is 416 g/mol. The Morgan fingerprint density at radius 2 is 1.65 bits per heavy atom.